The molecule has 1 aliphatic heterocycles. The Morgan fingerprint density at radius 1 is 1.43 bits per heavy atom. The minimum atomic E-state index is -0.402. The van der Waals surface area contributed by atoms with Crippen molar-refractivity contribution in [2.24, 2.45) is 0 Å². The smallest absolute Gasteiger partial charge is 0.407 e. The molecule has 0 bridgehead atoms. The van der Waals surface area contributed by atoms with Crippen LogP contribution in [-0.4, -0.2) is 29.2 Å². The van der Waals surface area contributed by atoms with Crippen LogP contribution in [0.3, 0.4) is 0 Å². The number of amides is 1. The van der Waals surface area contributed by atoms with Crippen LogP contribution in [0.1, 0.15) is 27.2 Å². The lowest BCUT2D eigenvalue weighted by molar-refractivity contribution is 0.0509. The molecule has 1 amide bonds. The van der Waals surface area contributed by atoms with Crippen molar-refractivity contribution in [3.8, 4) is 0 Å². The van der Waals surface area contributed by atoms with Gasteiger partial charge in [0.25, 0.3) is 0 Å². The predicted octanol–water partition coefficient (Wildman–Crippen LogP) is 2.66. The highest BCUT2D eigenvalue weighted by molar-refractivity contribution is 8.76. The normalized spacial score (nSPS) is 22.9. The Labute approximate surface area is 93.1 Å². The number of nitrogens with one attached hydrogen (secondary N) is 1. The van der Waals surface area contributed by atoms with E-state index in [1.807, 2.05) is 42.4 Å². The summed E-state index contributed by atoms with van der Waals surface area (Å²) in [6.07, 6.45) is 0.742. The van der Waals surface area contributed by atoms with E-state index >= 15 is 0 Å². The quantitative estimate of drug-likeness (QED) is 0.709. The minimum absolute atomic E-state index is 0.274. The van der Waals surface area contributed by atoms with Crippen LogP contribution in [0.25, 0.3) is 0 Å². The van der Waals surface area contributed by atoms with Gasteiger partial charge in [-0.25, -0.2) is 4.79 Å². The lowest BCUT2D eigenvalue weighted by atomic mass is 10.2. The number of hydrogen-bond donors (Lipinski definition) is 1. The average molecular weight is 235 g/mol. The largest absolute Gasteiger partial charge is 0.444 e. The molecule has 1 heterocycles. The molecule has 5 heteroatoms. The van der Waals surface area contributed by atoms with E-state index in [4.69, 9.17) is 4.74 Å². The van der Waals surface area contributed by atoms with Gasteiger partial charge in [0.2, 0.25) is 0 Å². The summed E-state index contributed by atoms with van der Waals surface area (Å²) in [7, 11) is 3.67. The Morgan fingerprint density at radius 3 is 2.64 bits per heavy atom. The maximum Gasteiger partial charge on any atom is 0.407 e. The van der Waals surface area contributed by atoms with Gasteiger partial charge in [-0.05, 0) is 27.2 Å². The summed E-state index contributed by atoms with van der Waals surface area (Å²) < 4.78 is 5.17. The maximum absolute atomic E-state index is 11.4. The third-order valence-electron chi connectivity index (χ3n) is 1.62. The molecule has 1 rings (SSSR count). The van der Waals surface area contributed by atoms with Gasteiger partial charge in [-0.2, -0.15) is 0 Å². The first kappa shape index (κ1) is 12.0. The van der Waals surface area contributed by atoms with Crippen molar-refractivity contribution >= 4 is 27.7 Å². The van der Waals surface area contributed by atoms with E-state index in [9.17, 15) is 4.79 Å². The van der Waals surface area contributed by atoms with Crippen LogP contribution in [-0.2, 0) is 4.74 Å². The molecule has 1 N–H and O–H groups in total. The zero-order valence-electron chi connectivity index (χ0n) is 8.83. The first-order valence-electron chi connectivity index (χ1n) is 4.71. The second kappa shape index (κ2) is 5.16. The summed E-state index contributed by atoms with van der Waals surface area (Å²) in [5.74, 6) is 2.08. The Balaban J connectivity index is 2.25. The van der Waals surface area contributed by atoms with Crippen LogP contribution >= 0.6 is 21.6 Å². The standard InChI is InChI=1S/C9H17NO2S2/c1-9(2,3)12-8(11)10-7-4-5-13-14-6-7/h7H,4-6H2,1-3H3,(H,10,11). The fourth-order valence-electron chi connectivity index (χ4n) is 1.05. The molecule has 0 saturated carbocycles. The summed E-state index contributed by atoms with van der Waals surface area (Å²) in [4.78, 5) is 11.4. The Bertz CT molecular complexity index is 197. The highest BCUT2D eigenvalue weighted by atomic mass is 33.1. The molecule has 82 valence electrons. The average Bonchev–Trinajstić information content (AvgIpc) is 2.02. The van der Waals surface area contributed by atoms with Gasteiger partial charge in [0, 0.05) is 17.5 Å². The van der Waals surface area contributed by atoms with Crippen molar-refractivity contribution < 1.29 is 9.53 Å². The van der Waals surface area contributed by atoms with Crippen LogP contribution in [0.15, 0.2) is 0 Å². The summed E-state index contributed by atoms with van der Waals surface area (Å²) in [5.41, 5.74) is -0.402. The highest BCUT2D eigenvalue weighted by Gasteiger charge is 2.21. The molecule has 1 atom stereocenters. The van der Waals surface area contributed by atoms with Gasteiger partial charge in [0.15, 0.2) is 0 Å². The number of hydrogen-bond acceptors (Lipinski definition) is 4. The third-order valence-corrected chi connectivity index (χ3v) is 4.14. The molecule has 0 aromatic rings. The predicted molar refractivity (Wildman–Crippen MR) is 62.7 cm³/mol. The molecule has 0 aromatic heterocycles. The van der Waals surface area contributed by atoms with E-state index in [0.29, 0.717) is 0 Å². The van der Waals surface area contributed by atoms with Gasteiger partial charge in [0.1, 0.15) is 5.60 Å². The van der Waals surface area contributed by atoms with Crippen molar-refractivity contribution in [3.05, 3.63) is 0 Å². The highest BCUT2D eigenvalue weighted by Crippen LogP contribution is 2.29. The van der Waals surface area contributed by atoms with Crippen LogP contribution in [0.4, 0.5) is 4.79 Å². The summed E-state index contributed by atoms with van der Waals surface area (Å²) in [6, 6.07) is 0.274. The number of ether oxygens (including phenoxy) is 1. The molecule has 1 unspecified atom stereocenters. The lowest BCUT2D eigenvalue weighted by Crippen LogP contribution is -2.41. The zero-order valence-corrected chi connectivity index (χ0v) is 10.5. The minimum Gasteiger partial charge on any atom is -0.444 e. The van der Waals surface area contributed by atoms with Crippen molar-refractivity contribution in [3.63, 3.8) is 0 Å². The molecule has 0 spiro atoms. The van der Waals surface area contributed by atoms with Gasteiger partial charge in [0.05, 0.1) is 0 Å². The molecule has 0 aromatic carbocycles. The van der Waals surface area contributed by atoms with E-state index < -0.39 is 5.60 Å². The number of carbonyl (C=O) groups excluding carboxylic acids is 1. The summed E-state index contributed by atoms with van der Waals surface area (Å²) in [5, 5.41) is 2.88. The van der Waals surface area contributed by atoms with Gasteiger partial charge in [-0.15, -0.1) is 0 Å². The third kappa shape index (κ3) is 5.00. The van der Waals surface area contributed by atoms with Crippen LogP contribution in [0, 0.1) is 0 Å². The second-order valence-electron chi connectivity index (χ2n) is 4.24. The number of alkyl carbamates (subject to hydrolysis) is 1. The lowest BCUT2D eigenvalue weighted by Gasteiger charge is -2.25. The molecule has 3 nitrogen and oxygen atoms in total. The fourth-order valence-corrected chi connectivity index (χ4v) is 3.48. The van der Waals surface area contributed by atoms with Crippen LogP contribution < -0.4 is 5.32 Å². The molecule has 1 fully saturated rings. The molecule has 14 heavy (non-hydrogen) atoms. The number of carbonyl (C=O) groups is 1. The van der Waals surface area contributed by atoms with Crippen LogP contribution in [0.2, 0.25) is 0 Å². The van der Waals surface area contributed by atoms with E-state index in [0.717, 1.165) is 17.9 Å². The Morgan fingerprint density at radius 2 is 2.14 bits per heavy atom. The topological polar surface area (TPSA) is 38.3 Å². The molecular formula is C9H17NO2S2. The molecular weight excluding hydrogens is 218 g/mol. The monoisotopic (exact) mass is 235 g/mol. The fraction of sp³-hybridized carbons (Fsp3) is 0.889. The maximum atomic E-state index is 11.4. The number of rotatable bonds is 1. The Hall–Kier alpha value is -0.0300. The SMILES string of the molecule is CC(C)(C)OC(=O)NC1CCSSC1. The van der Waals surface area contributed by atoms with Crippen molar-refractivity contribution in [1.82, 2.24) is 5.32 Å². The van der Waals surface area contributed by atoms with Gasteiger partial charge in [-0.1, -0.05) is 21.6 Å². The first-order chi connectivity index (χ1) is 6.47. The van der Waals surface area contributed by atoms with E-state index in [1.165, 1.54) is 0 Å². The van der Waals surface area contributed by atoms with E-state index in [1.54, 1.807) is 0 Å². The molecule has 1 saturated heterocycles. The van der Waals surface area contributed by atoms with Gasteiger partial charge < -0.3 is 10.1 Å². The van der Waals surface area contributed by atoms with Crippen molar-refractivity contribution in [2.75, 3.05) is 11.5 Å². The van der Waals surface area contributed by atoms with Crippen LogP contribution in [0.5, 0.6) is 0 Å². The summed E-state index contributed by atoms with van der Waals surface area (Å²) in [6.45, 7) is 5.62. The van der Waals surface area contributed by atoms with Crippen molar-refractivity contribution in [2.45, 2.75) is 38.8 Å². The molecule has 1 aliphatic rings. The zero-order chi connectivity index (χ0) is 10.6. The van der Waals surface area contributed by atoms with E-state index in [-0.39, 0.29) is 12.1 Å². The Kier molecular flexibility index (Phi) is 4.44. The summed E-state index contributed by atoms with van der Waals surface area (Å²) >= 11 is 0. The van der Waals surface area contributed by atoms with Gasteiger partial charge >= 0.3 is 6.09 Å². The van der Waals surface area contributed by atoms with E-state index in [2.05, 4.69) is 5.32 Å². The van der Waals surface area contributed by atoms with Gasteiger partial charge in [-0.3, -0.25) is 0 Å². The molecule has 0 radical (unpaired) electrons. The van der Waals surface area contributed by atoms with Crippen molar-refractivity contribution in [1.29, 1.82) is 0 Å². The second-order valence-corrected chi connectivity index (χ2v) is 6.87. The molecule has 0 aliphatic carbocycles. The first-order valence-corrected chi connectivity index (χ1v) is 7.20.